The van der Waals surface area contributed by atoms with Crippen LogP contribution < -0.4 is 0 Å². The Balaban J connectivity index is 4.23. The average Bonchev–Trinajstić information content (AvgIpc) is 1.85. The number of hydrogen-bond acceptors (Lipinski definition) is 2. The van der Waals surface area contributed by atoms with E-state index in [9.17, 15) is 4.80 Å². The quantitative estimate of drug-likeness (QED) is 0.642. The Morgan fingerprint density at radius 2 is 1.40 bits per heavy atom. The minimum atomic E-state index is -2.38. The smallest absolute Gasteiger partial charge is 0.340 e. The molecule has 0 fully saturated rings. The molecule has 0 amide bonds. The Kier molecular flexibility index (Phi) is 3.55. The van der Waals surface area contributed by atoms with E-state index in [-0.39, 0.29) is 11.1 Å². The first-order chi connectivity index (χ1) is 4.45. The van der Waals surface area contributed by atoms with Gasteiger partial charge in [-0.2, -0.15) is 0 Å². The predicted molar refractivity (Wildman–Crippen MR) is 45.2 cm³/mol. The van der Waals surface area contributed by atoms with Crippen LogP contribution in [0.2, 0.25) is 11.1 Å². The lowest BCUT2D eigenvalue weighted by Gasteiger charge is -2.30. The number of rotatable bonds is 3. The molecule has 0 atom stereocenters. The van der Waals surface area contributed by atoms with E-state index >= 15 is 0 Å². The van der Waals surface area contributed by atoms with Crippen LogP contribution in [0.5, 0.6) is 0 Å². The predicted octanol–water partition coefficient (Wildman–Crippen LogP) is 1.89. The molecule has 0 saturated carbocycles. The van der Waals surface area contributed by atoms with Gasteiger partial charge in [0.05, 0.1) is 0 Å². The molecule has 0 unspecified atom stereocenters. The van der Waals surface area contributed by atoms with Crippen LogP contribution in [-0.2, 0) is 4.43 Å². The first-order valence-corrected chi connectivity index (χ1v) is 5.73. The lowest BCUT2D eigenvalue weighted by atomic mass is 10.5. The molecule has 3 heteroatoms. The third-order valence-corrected chi connectivity index (χ3v) is 5.94. The molecule has 1 N–H and O–H groups in total. The largest absolute Gasteiger partial charge is 0.410 e. The summed E-state index contributed by atoms with van der Waals surface area (Å²) in [4.78, 5) is 9.89. The Hall–Kier alpha value is 0.137. The zero-order chi connectivity index (χ0) is 8.36. The van der Waals surface area contributed by atoms with Crippen molar-refractivity contribution in [3.8, 4) is 0 Å². The van der Waals surface area contributed by atoms with Crippen molar-refractivity contribution < 1.29 is 9.22 Å². The molecule has 0 radical (unpaired) electrons. The fourth-order valence-electron chi connectivity index (χ4n) is 1.14. The summed E-state index contributed by atoms with van der Waals surface area (Å²) in [5.74, 6) is 0. The SMILES string of the molecule is CO[Si](O)(C(C)C)C(C)C. The van der Waals surface area contributed by atoms with Crippen molar-refractivity contribution in [1.82, 2.24) is 0 Å². The second-order valence-corrected chi connectivity index (χ2v) is 7.49. The van der Waals surface area contributed by atoms with E-state index in [1.807, 2.05) is 27.7 Å². The first-order valence-electron chi connectivity index (χ1n) is 3.72. The molecule has 0 rings (SSSR count). The minimum Gasteiger partial charge on any atom is -0.410 e. The van der Waals surface area contributed by atoms with Crippen molar-refractivity contribution in [1.29, 1.82) is 0 Å². The molecular weight excluding hydrogens is 144 g/mol. The molecule has 0 spiro atoms. The fraction of sp³-hybridized carbons (Fsp3) is 1.00. The summed E-state index contributed by atoms with van der Waals surface area (Å²) in [7, 11) is -0.775. The Labute approximate surface area is 64.5 Å². The molecule has 0 aliphatic heterocycles. The maximum absolute atomic E-state index is 9.89. The van der Waals surface area contributed by atoms with Crippen LogP contribution in [-0.4, -0.2) is 20.5 Å². The molecular formula is C7H18O2Si. The molecule has 2 nitrogen and oxygen atoms in total. The van der Waals surface area contributed by atoms with Crippen molar-refractivity contribution in [3.05, 3.63) is 0 Å². The normalized spacial score (nSPS) is 13.2. The summed E-state index contributed by atoms with van der Waals surface area (Å²) in [5, 5.41) is 0. The lowest BCUT2D eigenvalue weighted by Crippen LogP contribution is -2.43. The van der Waals surface area contributed by atoms with Crippen LogP contribution in [0.1, 0.15) is 27.7 Å². The van der Waals surface area contributed by atoms with Crippen LogP contribution in [0, 0.1) is 0 Å². The van der Waals surface area contributed by atoms with Crippen LogP contribution in [0.4, 0.5) is 0 Å². The van der Waals surface area contributed by atoms with Crippen LogP contribution >= 0.6 is 0 Å². The number of hydrogen-bond donors (Lipinski definition) is 1. The average molecular weight is 162 g/mol. The Morgan fingerprint density at radius 3 is 1.40 bits per heavy atom. The third kappa shape index (κ3) is 1.81. The maximum atomic E-state index is 9.89. The highest BCUT2D eigenvalue weighted by molar-refractivity contribution is 6.68. The maximum Gasteiger partial charge on any atom is 0.340 e. The highest BCUT2D eigenvalue weighted by Crippen LogP contribution is 2.29. The second-order valence-electron chi connectivity index (χ2n) is 3.27. The van der Waals surface area contributed by atoms with Gasteiger partial charge < -0.3 is 9.22 Å². The van der Waals surface area contributed by atoms with Gasteiger partial charge in [0.15, 0.2) is 0 Å². The van der Waals surface area contributed by atoms with Gasteiger partial charge in [-0.25, -0.2) is 0 Å². The molecule has 0 aromatic carbocycles. The monoisotopic (exact) mass is 162 g/mol. The van der Waals surface area contributed by atoms with E-state index in [1.54, 1.807) is 7.11 Å². The van der Waals surface area contributed by atoms with Gasteiger partial charge in [-0.1, -0.05) is 27.7 Å². The van der Waals surface area contributed by atoms with Gasteiger partial charge in [-0.3, -0.25) is 0 Å². The molecule has 0 aromatic heterocycles. The minimum absolute atomic E-state index is 0.275. The van der Waals surface area contributed by atoms with E-state index in [2.05, 4.69) is 0 Å². The standard InChI is InChI=1S/C7H18O2Si/c1-6(2)10(8,9-5)7(3)4/h6-8H,1-5H3. The van der Waals surface area contributed by atoms with Crippen molar-refractivity contribution in [2.75, 3.05) is 7.11 Å². The van der Waals surface area contributed by atoms with Crippen LogP contribution in [0.25, 0.3) is 0 Å². The van der Waals surface area contributed by atoms with E-state index in [1.165, 1.54) is 0 Å². The van der Waals surface area contributed by atoms with Gasteiger partial charge in [0, 0.05) is 7.11 Å². The topological polar surface area (TPSA) is 29.5 Å². The van der Waals surface area contributed by atoms with Crippen molar-refractivity contribution >= 4 is 8.56 Å². The van der Waals surface area contributed by atoms with Gasteiger partial charge in [0.1, 0.15) is 0 Å². The zero-order valence-electron chi connectivity index (χ0n) is 7.51. The van der Waals surface area contributed by atoms with Crippen molar-refractivity contribution in [2.24, 2.45) is 0 Å². The van der Waals surface area contributed by atoms with Crippen molar-refractivity contribution in [2.45, 2.75) is 38.8 Å². The lowest BCUT2D eigenvalue weighted by molar-refractivity contribution is 0.266. The molecule has 0 aromatic rings. The first kappa shape index (κ1) is 10.1. The fourth-order valence-corrected chi connectivity index (χ4v) is 3.41. The second kappa shape index (κ2) is 3.51. The van der Waals surface area contributed by atoms with E-state index in [0.717, 1.165) is 0 Å². The van der Waals surface area contributed by atoms with Gasteiger partial charge in [-0.15, -0.1) is 0 Å². The molecule has 62 valence electrons. The van der Waals surface area contributed by atoms with Gasteiger partial charge >= 0.3 is 8.56 Å². The molecule has 0 aliphatic rings. The highest BCUT2D eigenvalue weighted by Gasteiger charge is 2.39. The molecule has 0 saturated heterocycles. The van der Waals surface area contributed by atoms with Gasteiger partial charge in [0.25, 0.3) is 0 Å². The highest BCUT2D eigenvalue weighted by atomic mass is 28.4. The zero-order valence-corrected chi connectivity index (χ0v) is 8.51. The summed E-state index contributed by atoms with van der Waals surface area (Å²) in [6, 6.07) is 0. The third-order valence-electron chi connectivity index (χ3n) is 1.98. The summed E-state index contributed by atoms with van der Waals surface area (Å²) < 4.78 is 5.16. The summed E-state index contributed by atoms with van der Waals surface area (Å²) in [6.45, 7) is 8.04. The van der Waals surface area contributed by atoms with Crippen molar-refractivity contribution in [3.63, 3.8) is 0 Å². The van der Waals surface area contributed by atoms with Crippen LogP contribution in [0.3, 0.4) is 0 Å². The summed E-state index contributed by atoms with van der Waals surface area (Å²) in [5.41, 5.74) is 0.551. The van der Waals surface area contributed by atoms with Crippen LogP contribution in [0.15, 0.2) is 0 Å². The molecule has 0 bridgehead atoms. The van der Waals surface area contributed by atoms with Gasteiger partial charge in [0.2, 0.25) is 0 Å². The molecule has 10 heavy (non-hydrogen) atoms. The van der Waals surface area contributed by atoms with Gasteiger partial charge in [-0.05, 0) is 11.1 Å². The Morgan fingerprint density at radius 1 is 1.10 bits per heavy atom. The molecule has 0 aliphatic carbocycles. The molecule has 0 heterocycles. The van der Waals surface area contributed by atoms with E-state index < -0.39 is 8.56 Å². The van der Waals surface area contributed by atoms with E-state index in [0.29, 0.717) is 0 Å². The van der Waals surface area contributed by atoms with E-state index in [4.69, 9.17) is 4.43 Å². The Bertz CT molecular complexity index is 93.8. The summed E-state index contributed by atoms with van der Waals surface area (Å²) in [6.07, 6.45) is 0. The summed E-state index contributed by atoms with van der Waals surface area (Å²) >= 11 is 0.